The molecule has 0 bridgehead atoms. The first-order valence-corrected chi connectivity index (χ1v) is 4.27. The van der Waals surface area contributed by atoms with Gasteiger partial charge in [-0.2, -0.15) is 0 Å². The number of Topliss-reactive ketones (excluding diaryl/α,β-unsaturated/α-hetero) is 1. The molecule has 0 saturated carbocycles. The lowest BCUT2D eigenvalue weighted by molar-refractivity contribution is -0.253. The van der Waals surface area contributed by atoms with Gasteiger partial charge in [0.25, 0.3) is 0 Å². The zero-order valence-corrected chi connectivity index (χ0v) is 8.45. The van der Waals surface area contributed by atoms with Crippen LogP contribution in [0.4, 0.5) is 0 Å². The van der Waals surface area contributed by atoms with E-state index in [0.717, 1.165) is 0 Å². The van der Waals surface area contributed by atoms with Gasteiger partial charge >= 0.3 is 0 Å². The van der Waals surface area contributed by atoms with Crippen molar-refractivity contribution < 1.29 is 19.1 Å². The average Bonchev–Trinajstić information content (AvgIpc) is 2.18. The van der Waals surface area contributed by atoms with E-state index >= 15 is 0 Å². The van der Waals surface area contributed by atoms with Gasteiger partial charge in [-0.05, 0) is 25.1 Å². The van der Waals surface area contributed by atoms with Gasteiger partial charge in [0.2, 0.25) is 0 Å². The Morgan fingerprint density at radius 2 is 2.29 bits per heavy atom. The summed E-state index contributed by atoms with van der Waals surface area (Å²) in [6, 6.07) is 4.80. The Bertz CT molecular complexity index is 338. The fourth-order valence-electron chi connectivity index (χ4n) is 1.07. The number of ketones is 1. The van der Waals surface area contributed by atoms with Crippen LogP contribution >= 0.6 is 12.9 Å². The maximum atomic E-state index is 11.0. The van der Waals surface area contributed by atoms with Gasteiger partial charge in [0.05, 0.1) is 0 Å². The summed E-state index contributed by atoms with van der Waals surface area (Å²) in [6.07, 6.45) is 0. The molecule has 0 aromatic heterocycles. The van der Waals surface area contributed by atoms with Crippen LogP contribution in [0.2, 0.25) is 0 Å². The molecular formula is C9H10O4S. The van der Waals surface area contributed by atoms with E-state index in [2.05, 4.69) is 17.8 Å². The Morgan fingerprint density at radius 3 is 2.79 bits per heavy atom. The first-order valence-electron chi connectivity index (χ1n) is 3.90. The van der Waals surface area contributed by atoms with E-state index in [-0.39, 0.29) is 12.4 Å². The van der Waals surface area contributed by atoms with Crippen LogP contribution in [0.15, 0.2) is 18.2 Å². The largest absolute Gasteiger partial charge is 0.429 e. The van der Waals surface area contributed by atoms with Gasteiger partial charge in [-0.1, -0.05) is 0 Å². The Hall–Kier alpha value is -1.04. The van der Waals surface area contributed by atoms with Crippen LogP contribution in [0, 0.1) is 0 Å². The van der Waals surface area contributed by atoms with Crippen LogP contribution in [0.3, 0.4) is 0 Å². The fraction of sp³-hybridized carbons (Fsp3) is 0.222. The molecule has 0 fully saturated rings. The van der Waals surface area contributed by atoms with E-state index in [4.69, 9.17) is 9.44 Å². The summed E-state index contributed by atoms with van der Waals surface area (Å²) in [6.45, 7) is 1.41. The molecule has 1 aromatic carbocycles. The molecule has 4 nitrogen and oxygen atoms in total. The molecule has 0 aliphatic carbocycles. The van der Waals surface area contributed by atoms with E-state index in [1.54, 1.807) is 18.2 Å². The quantitative estimate of drug-likeness (QED) is 0.265. The van der Waals surface area contributed by atoms with Crippen molar-refractivity contribution in [3.8, 4) is 5.75 Å². The van der Waals surface area contributed by atoms with Crippen molar-refractivity contribution in [1.29, 1.82) is 0 Å². The summed E-state index contributed by atoms with van der Waals surface area (Å²) < 4.78 is 4.72. The van der Waals surface area contributed by atoms with Gasteiger partial charge in [0.15, 0.2) is 5.78 Å². The van der Waals surface area contributed by atoms with Gasteiger partial charge in [-0.15, -0.1) is 0 Å². The normalized spacial score (nSPS) is 9.93. The molecule has 0 amide bonds. The summed E-state index contributed by atoms with van der Waals surface area (Å²) in [5.41, 5.74) is 1.10. The van der Waals surface area contributed by atoms with Crippen molar-refractivity contribution in [2.24, 2.45) is 0 Å². The zero-order chi connectivity index (χ0) is 10.6. The van der Waals surface area contributed by atoms with Crippen LogP contribution < -0.4 is 4.18 Å². The molecule has 0 saturated heterocycles. The molecule has 1 N–H and O–H groups in total. The third-order valence-corrected chi connectivity index (χ3v) is 1.98. The third kappa shape index (κ3) is 2.47. The van der Waals surface area contributed by atoms with Gasteiger partial charge in [0, 0.05) is 24.0 Å². The molecule has 1 aromatic rings. The molecule has 14 heavy (non-hydrogen) atoms. The van der Waals surface area contributed by atoms with Crippen molar-refractivity contribution in [3.05, 3.63) is 29.3 Å². The average molecular weight is 214 g/mol. The standard InChI is InChI=1S/C9H10O4S/c1-6(10)7-2-3-9(13-14)8(4-7)5-12-11/h2-4,11,14H,5H2,1H3. The van der Waals surface area contributed by atoms with Crippen molar-refractivity contribution in [1.82, 2.24) is 0 Å². The smallest absolute Gasteiger partial charge is 0.159 e. The Labute approximate surface area is 87.0 Å². The maximum absolute atomic E-state index is 11.0. The molecular weight excluding hydrogens is 204 g/mol. The van der Waals surface area contributed by atoms with Gasteiger partial charge in [-0.3, -0.25) is 10.1 Å². The van der Waals surface area contributed by atoms with Gasteiger partial charge in [0.1, 0.15) is 12.4 Å². The minimum atomic E-state index is -0.0603. The van der Waals surface area contributed by atoms with E-state index in [0.29, 0.717) is 16.9 Å². The minimum absolute atomic E-state index is 0.0446. The summed E-state index contributed by atoms with van der Waals surface area (Å²) in [4.78, 5) is 15.0. The van der Waals surface area contributed by atoms with Gasteiger partial charge < -0.3 is 4.18 Å². The molecule has 0 aliphatic rings. The molecule has 0 spiro atoms. The highest BCUT2D eigenvalue weighted by atomic mass is 32.1. The first-order chi connectivity index (χ1) is 6.69. The van der Waals surface area contributed by atoms with Gasteiger partial charge in [-0.25, -0.2) is 4.89 Å². The number of carbonyl (C=O) groups is 1. The SMILES string of the molecule is CC(=O)c1ccc(OS)c(COO)c1. The van der Waals surface area contributed by atoms with Crippen molar-refractivity contribution in [2.75, 3.05) is 0 Å². The van der Waals surface area contributed by atoms with Crippen LogP contribution in [-0.4, -0.2) is 11.0 Å². The molecule has 1 rings (SSSR count). The highest BCUT2D eigenvalue weighted by Crippen LogP contribution is 2.22. The second-order valence-electron chi connectivity index (χ2n) is 2.74. The van der Waals surface area contributed by atoms with Crippen LogP contribution in [0.1, 0.15) is 22.8 Å². The van der Waals surface area contributed by atoms with Crippen LogP contribution in [0.25, 0.3) is 0 Å². The fourth-order valence-corrected chi connectivity index (χ4v) is 1.25. The third-order valence-electron chi connectivity index (χ3n) is 1.79. The topological polar surface area (TPSA) is 55.8 Å². The monoisotopic (exact) mass is 214 g/mol. The maximum Gasteiger partial charge on any atom is 0.159 e. The minimum Gasteiger partial charge on any atom is -0.429 e. The number of benzene rings is 1. The molecule has 0 radical (unpaired) electrons. The number of hydrogen-bond acceptors (Lipinski definition) is 5. The molecule has 0 unspecified atom stereocenters. The summed E-state index contributed by atoms with van der Waals surface area (Å²) >= 11 is 3.64. The number of rotatable bonds is 4. The van der Waals surface area contributed by atoms with E-state index in [1.165, 1.54) is 6.92 Å². The Kier molecular flexibility index (Phi) is 3.94. The van der Waals surface area contributed by atoms with Crippen molar-refractivity contribution >= 4 is 18.7 Å². The lowest BCUT2D eigenvalue weighted by Crippen LogP contribution is -1.97. The molecule has 0 aliphatic heterocycles. The van der Waals surface area contributed by atoms with E-state index in [1.807, 2.05) is 0 Å². The Balaban J connectivity index is 3.07. The highest BCUT2D eigenvalue weighted by molar-refractivity contribution is 7.75. The highest BCUT2D eigenvalue weighted by Gasteiger charge is 2.07. The number of hydrogen-bond donors (Lipinski definition) is 2. The summed E-state index contributed by atoms with van der Waals surface area (Å²) in [7, 11) is 0. The second kappa shape index (κ2) is 4.99. The first kappa shape index (κ1) is 11.0. The Morgan fingerprint density at radius 1 is 1.57 bits per heavy atom. The lowest BCUT2D eigenvalue weighted by Gasteiger charge is -2.06. The van der Waals surface area contributed by atoms with Crippen molar-refractivity contribution in [3.63, 3.8) is 0 Å². The van der Waals surface area contributed by atoms with E-state index < -0.39 is 0 Å². The van der Waals surface area contributed by atoms with Crippen molar-refractivity contribution in [2.45, 2.75) is 13.5 Å². The molecule has 5 heteroatoms. The predicted octanol–water partition coefficient (Wildman–Crippen LogP) is 2.10. The molecule has 0 heterocycles. The summed E-state index contributed by atoms with van der Waals surface area (Å²) in [5, 5.41) is 8.30. The zero-order valence-electron chi connectivity index (χ0n) is 7.56. The molecule has 0 atom stereocenters. The van der Waals surface area contributed by atoms with E-state index in [9.17, 15) is 4.79 Å². The predicted molar refractivity (Wildman–Crippen MR) is 53.5 cm³/mol. The van der Waals surface area contributed by atoms with Crippen LogP contribution in [0.5, 0.6) is 5.75 Å². The van der Waals surface area contributed by atoms with Crippen LogP contribution in [-0.2, 0) is 11.5 Å². The number of carbonyl (C=O) groups excluding carboxylic acids is 1. The lowest BCUT2D eigenvalue weighted by atomic mass is 10.1. The second-order valence-corrected chi connectivity index (χ2v) is 2.93. The summed E-state index contributed by atoms with van der Waals surface area (Å²) in [5.74, 6) is 0.391. The number of thiol groups is 1. The molecule has 76 valence electrons.